The van der Waals surface area contributed by atoms with Gasteiger partial charge in [0, 0.05) is 43.6 Å². The Hall–Kier alpha value is -4.07. The zero-order valence-corrected chi connectivity index (χ0v) is 24.2. The Kier molecular flexibility index (Phi) is 8.03. The third kappa shape index (κ3) is 4.90. The number of carbonyl (C=O) groups is 3. The van der Waals surface area contributed by atoms with E-state index < -0.39 is 23.4 Å². The van der Waals surface area contributed by atoms with Gasteiger partial charge in [0.15, 0.2) is 11.5 Å². The van der Waals surface area contributed by atoms with Crippen molar-refractivity contribution in [3.63, 3.8) is 0 Å². The van der Waals surface area contributed by atoms with Crippen LogP contribution >= 0.6 is 0 Å². The fourth-order valence-electron chi connectivity index (χ4n) is 6.38. The van der Waals surface area contributed by atoms with Crippen LogP contribution in [0.4, 0.5) is 21.5 Å². The number of methoxy groups -OCH3 is 1. The largest absolute Gasteiger partial charge is 0.497 e. The van der Waals surface area contributed by atoms with Crippen LogP contribution in [0.2, 0.25) is 0 Å². The monoisotopic (exact) mass is 595 g/mol. The van der Waals surface area contributed by atoms with Gasteiger partial charge >= 0.3 is 5.97 Å². The van der Waals surface area contributed by atoms with Gasteiger partial charge in [0.05, 0.1) is 45.1 Å². The first-order valence-corrected chi connectivity index (χ1v) is 14.4. The van der Waals surface area contributed by atoms with Gasteiger partial charge in [-0.3, -0.25) is 14.5 Å². The molecule has 4 heterocycles. The fraction of sp³-hybridized carbons (Fsp3) is 0.467. The maximum absolute atomic E-state index is 15.7. The number of hydrogen-bond donors (Lipinski definition) is 0. The van der Waals surface area contributed by atoms with Gasteiger partial charge in [-0.1, -0.05) is 0 Å². The highest BCUT2D eigenvalue weighted by molar-refractivity contribution is 6.40. The first-order chi connectivity index (χ1) is 20.9. The molecule has 13 heteroatoms. The molecule has 2 amide bonds. The van der Waals surface area contributed by atoms with Crippen molar-refractivity contribution < 1.29 is 37.7 Å². The fourth-order valence-corrected chi connectivity index (χ4v) is 6.38. The summed E-state index contributed by atoms with van der Waals surface area (Å²) in [6, 6.07) is 11.5. The van der Waals surface area contributed by atoms with Gasteiger partial charge in [-0.25, -0.2) is 14.2 Å². The molecule has 2 aromatic rings. The Morgan fingerprint density at radius 1 is 1.00 bits per heavy atom. The number of ether oxygens (including phenoxy) is 4. The maximum Gasteiger partial charge on any atom is 0.354 e. The molecule has 3 fully saturated rings. The van der Waals surface area contributed by atoms with E-state index in [2.05, 4.69) is 5.10 Å². The molecule has 0 saturated carbocycles. The van der Waals surface area contributed by atoms with Crippen LogP contribution in [-0.4, -0.2) is 100 Å². The minimum Gasteiger partial charge on any atom is -0.497 e. The van der Waals surface area contributed by atoms with Crippen LogP contribution in [0, 0.1) is 11.7 Å². The third-order valence-corrected chi connectivity index (χ3v) is 8.37. The molecule has 2 aromatic carbocycles. The quantitative estimate of drug-likeness (QED) is 0.444. The number of hydrazone groups is 1. The number of hydrogen-bond acceptors (Lipinski definition) is 10. The number of morpholine rings is 2. The summed E-state index contributed by atoms with van der Waals surface area (Å²) in [5.41, 5.74) is -0.123. The lowest BCUT2D eigenvalue weighted by molar-refractivity contribution is -0.140. The zero-order chi connectivity index (χ0) is 30.1. The van der Waals surface area contributed by atoms with Gasteiger partial charge in [0.1, 0.15) is 12.4 Å². The van der Waals surface area contributed by atoms with Crippen molar-refractivity contribution in [2.45, 2.75) is 19.0 Å². The molecule has 0 aromatic heterocycles. The second kappa shape index (κ2) is 11.9. The number of piperidine rings is 1. The van der Waals surface area contributed by atoms with E-state index in [-0.39, 0.29) is 36.4 Å². The zero-order valence-electron chi connectivity index (χ0n) is 24.2. The van der Waals surface area contributed by atoms with Crippen LogP contribution < -0.4 is 19.5 Å². The van der Waals surface area contributed by atoms with Crippen molar-refractivity contribution in [2.24, 2.45) is 11.0 Å². The molecule has 2 unspecified atom stereocenters. The Balaban J connectivity index is 1.44. The van der Waals surface area contributed by atoms with E-state index in [0.717, 1.165) is 0 Å². The average Bonchev–Trinajstić information content (AvgIpc) is 3.39. The Labute approximate surface area is 248 Å². The third-order valence-electron chi connectivity index (χ3n) is 8.37. The van der Waals surface area contributed by atoms with E-state index in [4.69, 9.17) is 18.9 Å². The van der Waals surface area contributed by atoms with E-state index in [9.17, 15) is 14.4 Å². The van der Waals surface area contributed by atoms with E-state index in [0.29, 0.717) is 69.5 Å². The Morgan fingerprint density at radius 2 is 1.70 bits per heavy atom. The molecule has 228 valence electrons. The second-order valence-electron chi connectivity index (χ2n) is 10.6. The minimum atomic E-state index is -1.56. The summed E-state index contributed by atoms with van der Waals surface area (Å²) >= 11 is 0. The van der Waals surface area contributed by atoms with Crippen LogP contribution in [0.15, 0.2) is 47.6 Å². The number of halogens is 1. The number of fused-ring (bicyclic) bond motifs is 1. The summed E-state index contributed by atoms with van der Waals surface area (Å²) in [5, 5.41) is 6.02. The molecule has 3 saturated heterocycles. The summed E-state index contributed by atoms with van der Waals surface area (Å²) in [7, 11) is 1.44. The van der Waals surface area contributed by atoms with Gasteiger partial charge < -0.3 is 28.7 Å². The molecule has 0 spiro atoms. The first-order valence-electron chi connectivity index (χ1n) is 14.4. The van der Waals surface area contributed by atoms with Gasteiger partial charge in [0.25, 0.3) is 11.8 Å². The molecule has 4 aliphatic rings. The van der Waals surface area contributed by atoms with Crippen LogP contribution in [-0.2, 0) is 28.6 Å². The predicted molar refractivity (Wildman–Crippen MR) is 155 cm³/mol. The van der Waals surface area contributed by atoms with Crippen LogP contribution in [0.25, 0.3) is 0 Å². The highest BCUT2D eigenvalue weighted by atomic mass is 19.1. The SMILES string of the molecule is CCOC(=O)C1=NN(c2ccc(OC)cc2F)C2(N3CCOCC3)C(=O)N(c3ccc(N4CCOCC4=O)cc3)CCC12. The number of amides is 2. The van der Waals surface area contributed by atoms with E-state index in [1.807, 2.05) is 4.90 Å². The predicted octanol–water partition coefficient (Wildman–Crippen LogP) is 2.02. The first kappa shape index (κ1) is 29.0. The number of benzene rings is 2. The van der Waals surface area contributed by atoms with Gasteiger partial charge in [-0.15, -0.1) is 0 Å². The molecule has 2 atom stereocenters. The second-order valence-corrected chi connectivity index (χ2v) is 10.6. The topological polar surface area (TPSA) is 113 Å². The normalized spacial score (nSPS) is 24.6. The van der Waals surface area contributed by atoms with Crippen molar-refractivity contribution in [3.05, 3.63) is 48.3 Å². The highest BCUT2D eigenvalue weighted by Crippen LogP contribution is 2.47. The molecule has 0 bridgehead atoms. The summed E-state index contributed by atoms with van der Waals surface area (Å²) in [6.07, 6.45) is 0.374. The number of esters is 1. The van der Waals surface area contributed by atoms with Crippen molar-refractivity contribution in [1.29, 1.82) is 0 Å². The summed E-state index contributed by atoms with van der Waals surface area (Å²) in [6.45, 7) is 4.49. The number of carbonyl (C=O) groups excluding carboxylic acids is 3. The molecule has 6 rings (SSSR count). The highest BCUT2D eigenvalue weighted by Gasteiger charge is 2.65. The van der Waals surface area contributed by atoms with Crippen LogP contribution in [0.1, 0.15) is 13.3 Å². The number of anilines is 3. The molecule has 0 radical (unpaired) electrons. The lowest BCUT2D eigenvalue weighted by atomic mass is 9.79. The van der Waals surface area contributed by atoms with Crippen molar-refractivity contribution in [2.75, 3.05) is 81.1 Å². The van der Waals surface area contributed by atoms with Crippen molar-refractivity contribution in [3.8, 4) is 5.75 Å². The van der Waals surface area contributed by atoms with Crippen molar-refractivity contribution in [1.82, 2.24) is 4.90 Å². The van der Waals surface area contributed by atoms with E-state index >= 15 is 4.39 Å². The lowest BCUT2D eigenvalue weighted by Gasteiger charge is -2.53. The molecule has 12 nitrogen and oxygen atoms in total. The van der Waals surface area contributed by atoms with Gasteiger partial charge in [0.2, 0.25) is 5.66 Å². The molecule has 43 heavy (non-hydrogen) atoms. The number of rotatable bonds is 7. The average molecular weight is 596 g/mol. The van der Waals surface area contributed by atoms with Crippen LogP contribution in [0.5, 0.6) is 5.75 Å². The van der Waals surface area contributed by atoms with E-state index in [1.54, 1.807) is 47.1 Å². The minimum absolute atomic E-state index is 0.0242. The van der Waals surface area contributed by atoms with Crippen LogP contribution in [0.3, 0.4) is 0 Å². The molecule has 0 aliphatic carbocycles. The summed E-state index contributed by atoms with van der Waals surface area (Å²) in [4.78, 5) is 45.8. The molecule has 0 N–H and O–H groups in total. The Bertz CT molecular complexity index is 1430. The standard InChI is InChI=1S/C30H34FN5O7/c1-3-43-28(38)27-23-10-11-35(21-6-4-20(5-7-21)34-14-17-42-19-26(34)37)29(39)30(23,33-12-15-41-16-13-33)36(32-27)25-9-8-22(40-2)18-24(25)31/h4-9,18,23H,3,10-17,19H2,1-2H3. The molecule has 4 aliphatic heterocycles. The Morgan fingerprint density at radius 3 is 2.35 bits per heavy atom. The van der Waals surface area contributed by atoms with Gasteiger partial charge in [-0.05, 0) is 49.7 Å². The van der Waals surface area contributed by atoms with Gasteiger partial charge in [-0.2, -0.15) is 5.10 Å². The molecular weight excluding hydrogens is 561 g/mol. The summed E-state index contributed by atoms with van der Waals surface area (Å²) in [5.74, 6) is -2.15. The smallest absolute Gasteiger partial charge is 0.354 e. The molecular formula is C30H34FN5O7. The van der Waals surface area contributed by atoms with E-state index in [1.165, 1.54) is 24.3 Å². The number of nitrogens with zero attached hydrogens (tertiary/aromatic N) is 5. The summed E-state index contributed by atoms with van der Waals surface area (Å²) < 4.78 is 37.2. The lowest BCUT2D eigenvalue weighted by Crippen LogP contribution is -2.74. The maximum atomic E-state index is 15.7. The van der Waals surface area contributed by atoms with Crippen molar-refractivity contribution >= 4 is 40.6 Å².